The van der Waals surface area contributed by atoms with Gasteiger partial charge in [-0.1, -0.05) is 51.1 Å². The minimum atomic E-state index is -0.904. The third-order valence-electron chi connectivity index (χ3n) is 2.76. The lowest BCUT2D eigenvalue weighted by molar-refractivity contribution is -0.133. The van der Waals surface area contributed by atoms with E-state index < -0.39 is 5.97 Å². The maximum atomic E-state index is 11.9. The number of carboxylic acid groups (broad SMARTS) is 1. The van der Waals surface area contributed by atoms with Crippen molar-refractivity contribution in [3.8, 4) is 0 Å². The fourth-order valence-electron chi connectivity index (χ4n) is 1.88. The molecule has 0 aliphatic heterocycles. The van der Waals surface area contributed by atoms with Crippen LogP contribution in [0.1, 0.15) is 32.4 Å². The van der Waals surface area contributed by atoms with Crippen LogP contribution in [0.4, 0.5) is 0 Å². The van der Waals surface area contributed by atoms with Gasteiger partial charge < -0.3 is 10.4 Å². The summed E-state index contributed by atoms with van der Waals surface area (Å²) < 4.78 is 0. The first kappa shape index (κ1) is 16.6. The number of amides is 1. The zero-order valence-electron chi connectivity index (χ0n) is 12.1. The molecule has 0 aliphatic carbocycles. The maximum absolute atomic E-state index is 11.9. The molecule has 1 aromatic carbocycles. The molecule has 4 nitrogen and oxygen atoms in total. The van der Waals surface area contributed by atoms with E-state index in [2.05, 4.69) is 26.1 Å². The van der Waals surface area contributed by atoms with Crippen molar-refractivity contribution >= 4 is 23.6 Å². The van der Waals surface area contributed by atoms with Crippen LogP contribution in [0.25, 0.3) is 0 Å². The molecule has 1 rings (SSSR count). The SMILES string of the molecule is CC(C)(C)C(NC(=O)CSCC(=O)O)c1ccccc1. The molecule has 5 heteroatoms. The van der Waals surface area contributed by atoms with Gasteiger partial charge in [0.05, 0.1) is 17.5 Å². The van der Waals surface area contributed by atoms with Crippen molar-refractivity contribution in [3.63, 3.8) is 0 Å². The van der Waals surface area contributed by atoms with E-state index in [0.717, 1.165) is 17.3 Å². The Balaban J connectivity index is 2.67. The number of carbonyl (C=O) groups is 2. The minimum Gasteiger partial charge on any atom is -0.481 e. The van der Waals surface area contributed by atoms with Crippen LogP contribution in [0.3, 0.4) is 0 Å². The molecule has 0 radical (unpaired) electrons. The van der Waals surface area contributed by atoms with Gasteiger partial charge >= 0.3 is 5.97 Å². The third-order valence-corrected chi connectivity index (χ3v) is 3.68. The third kappa shape index (κ3) is 5.65. The second-order valence-corrected chi connectivity index (χ2v) is 6.65. The van der Waals surface area contributed by atoms with Gasteiger partial charge in [0.2, 0.25) is 5.91 Å². The van der Waals surface area contributed by atoms with E-state index in [4.69, 9.17) is 5.11 Å². The first-order valence-electron chi connectivity index (χ1n) is 6.44. The Morgan fingerprint density at radius 3 is 2.30 bits per heavy atom. The summed E-state index contributed by atoms with van der Waals surface area (Å²) in [7, 11) is 0. The lowest BCUT2D eigenvalue weighted by Crippen LogP contribution is -2.37. The van der Waals surface area contributed by atoms with E-state index >= 15 is 0 Å². The molecule has 0 bridgehead atoms. The molecular weight excluding hydrogens is 274 g/mol. The Morgan fingerprint density at radius 2 is 1.80 bits per heavy atom. The predicted octanol–water partition coefficient (Wildman–Crippen LogP) is 2.71. The summed E-state index contributed by atoms with van der Waals surface area (Å²) in [5, 5.41) is 11.6. The standard InChI is InChI=1S/C15H21NO3S/c1-15(2,3)14(11-7-5-4-6-8-11)16-12(17)9-20-10-13(18)19/h4-8,14H,9-10H2,1-3H3,(H,16,17)(H,18,19). The Labute approximate surface area is 124 Å². The average Bonchev–Trinajstić information content (AvgIpc) is 2.35. The summed E-state index contributed by atoms with van der Waals surface area (Å²) in [4.78, 5) is 22.4. The van der Waals surface area contributed by atoms with Gasteiger partial charge in [-0.2, -0.15) is 0 Å². The highest BCUT2D eigenvalue weighted by atomic mass is 32.2. The van der Waals surface area contributed by atoms with Gasteiger partial charge in [-0.15, -0.1) is 11.8 Å². The summed E-state index contributed by atoms with van der Waals surface area (Å²) in [5.74, 6) is -0.941. The van der Waals surface area contributed by atoms with Crippen LogP contribution in [-0.2, 0) is 9.59 Å². The topological polar surface area (TPSA) is 66.4 Å². The number of carboxylic acids is 1. The van der Waals surface area contributed by atoms with Gasteiger partial charge in [-0.3, -0.25) is 9.59 Å². The van der Waals surface area contributed by atoms with Crippen molar-refractivity contribution in [2.24, 2.45) is 5.41 Å². The summed E-state index contributed by atoms with van der Waals surface area (Å²) >= 11 is 1.11. The van der Waals surface area contributed by atoms with Crippen LogP contribution in [0.15, 0.2) is 30.3 Å². The molecule has 0 fully saturated rings. The van der Waals surface area contributed by atoms with Gasteiger partial charge in [0.25, 0.3) is 0 Å². The molecule has 1 aromatic rings. The molecule has 20 heavy (non-hydrogen) atoms. The molecule has 1 atom stereocenters. The highest BCUT2D eigenvalue weighted by Crippen LogP contribution is 2.32. The monoisotopic (exact) mass is 295 g/mol. The first-order chi connectivity index (χ1) is 9.30. The largest absolute Gasteiger partial charge is 0.481 e. The lowest BCUT2D eigenvalue weighted by atomic mass is 9.82. The Kier molecular flexibility index (Phi) is 6.07. The fraction of sp³-hybridized carbons (Fsp3) is 0.467. The van der Waals surface area contributed by atoms with E-state index in [1.165, 1.54) is 0 Å². The predicted molar refractivity (Wildman–Crippen MR) is 81.7 cm³/mol. The van der Waals surface area contributed by atoms with Crippen molar-refractivity contribution in [3.05, 3.63) is 35.9 Å². The number of benzene rings is 1. The molecule has 0 aromatic heterocycles. The van der Waals surface area contributed by atoms with Crippen molar-refractivity contribution in [2.75, 3.05) is 11.5 Å². The highest BCUT2D eigenvalue weighted by Gasteiger charge is 2.27. The average molecular weight is 295 g/mol. The number of nitrogens with one attached hydrogen (secondary N) is 1. The van der Waals surface area contributed by atoms with E-state index in [-0.39, 0.29) is 28.9 Å². The van der Waals surface area contributed by atoms with Crippen molar-refractivity contribution in [1.82, 2.24) is 5.32 Å². The number of carbonyl (C=O) groups excluding carboxylic acids is 1. The molecule has 1 amide bonds. The van der Waals surface area contributed by atoms with Crippen molar-refractivity contribution in [1.29, 1.82) is 0 Å². The first-order valence-corrected chi connectivity index (χ1v) is 7.60. The molecule has 0 saturated carbocycles. The quantitative estimate of drug-likeness (QED) is 0.847. The minimum absolute atomic E-state index is 0.0566. The van der Waals surface area contributed by atoms with Crippen LogP contribution in [0.5, 0.6) is 0 Å². The molecule has 0 heterocycles. The van der Waals surface area contributed by atoms with Crippen LogP contribution in [-0.4, -0.2) is 28.5 Å². The van der Waals surface area contributed by atoms with E-state index in [9.17, 15) is 9.59 Å². The molecule has 0 saturated heterocycles. The summed E-state index contributed by atoms with van der Waals surface area (Å²) in [5.41, 5.74) is 0.936. The van der Waals surface area contributed by atoms with Crippen LogP contribution in [0, 0.1) is 5.41 Å². The molecular formula is C15H21NO3S. The Hall–Kier alpha value is -1.49. The summed E-state index contributed by atoms with van der Waals surface area (Å²) in [6.45, 7) is 6.19. The summed E-state index contributed by atoms with van der Waals surface area (Å²) in [6.07, 6.45) is 0. The maximum Gasteiger partial charge on any atom is 0.313 e. The molecule has 1 unspecified atom stereocenters. The summed E-state index contributed by atoms with van der Waals surface area (Å²) in [6, 6.07) is 9.70. The van der Waals surface area contributed by atoms with Crippen molar-refractivity contribution < 1.29 is 14.7 Å². The van der Waals surface area contributed by atoms with Crippen LogP contribution < -0.4 is 5.32 Å². The fourth-order valence-corrected chi connectivity index (χ4v) is 2.42. The number of hydrogen-bond donors (Lipinski definition) is 2. The smallest absolute Gasteiger partial charge is 0.313 e. The zero-order valence-corrected chi connectivity index (χ0v) is 12.9. The van der Waals surface area contributed by atoms with Crippen LogP contribution in [0.2, 0.25) is 0 Å². The van der Waals surface area contributed by atoms with Crippen LogP contribution >= 0.6 is 11.8 Å². The second-order valence-electron chi connectivity index (χ2n) is 5.66. The van der Waals surface area contributed by atoms with Gasteiger partial charge in [0, 0.05) is 0 Å². The van der Waals surface area contributed by atoms with Crippen molar-refractivity contribution in [2.45, 2.75) is 26.8 Å². The van der Waals surface area contributed by atoms with E-state index in [1.807, 2.05) is 30.3 Å². The number of rotatable bonds is 6. The van der Waals surface area contributed by atoms with E-state index in [0.29, 0.717) is 0 Å². The highest BCUT2D eigenvalue weighted by molar-refractivity contribution is 8.00. The zero-order chi connectivity index (χ0) is 15.2. The molecule has 0 spiro atoms. The Morgan fingerprint density at radius 1 is 1.20 bits per heavy atom. The van der Waals surface area contributed by atoms with Gasteiger partial charge in [-0.05, 0) is 11.0 Å². The lowest BCUT2D eigenvalue weighted by Gasteiger charge is -2.32. The number of thioether (sulfide) groups is 1. The van der Waals surface area contributed by atoms with Gasteiger partial charge in [0.1, 0.15) is 0 Å². The van der Waals surface area contributed by atoms with E-state index in [1.54, 1.807) is 0 Å². The Bertz CT molecular complexity index is 454. The molecule has 110 valence electrons. The van der Waals surface area contributed by atoms with Gasteiger partial charge in [-0.25, -0.2) is 0 Å². The number of hydrogen-bond acceptors (Lipinski definition) is 3. The number of aliphatic carboxylic acids is 1. The molecule has 0 aliphatic rings. The molecule has 2 N–H and O–H groups in total. The van der Waals surface area contributed by atoms with Gasteiger partial charge in [0.15, 0.2) is 0 Å². The second kappa shape index (κ2) is 7.33. The normalized spacial score (nSPS) is 12.8.